The summed E-state index contributed by atoms with van der Waals surface area (Å²) in [7, 11) is 0. The number of ether oxygens (including phenoxy) is 1. The zero-order chi connectivity index (χ0) is 23.1. The SMILES string of the molecule is CCCCOc1ccc(C2=NC3(CCCCC3)N=C2SCC(=O)Nc2ccccc2C)cc1. The highest BCUT2D eigenvalue weighted by molar-refractivity contribution is 8.16. The molecule has 1 aliphatic heterocycles. The minimum Gasteiger partial charge on any atom is -0.494 e. The van der Waals surface area contributed by atoms with Gasteiger partial charge in [-0.1, -0.05) is 49.7 Å². The molecule has 0 bridgehead atoms. The van der Waals surface area contributed by atoms with E-state index in [4.69, 9.17) is 14.7 Å². The van der Waals surface area contributed by atoms with Crippen molar-refractivity contribution in [3.05, 3.63) is 59.7 Å². The van der Waals surface area contributed by atoms with Gasteiger partial charge in [0.05, 0.1) is 18.1 Å². The first-order chi connectivity index (χ1) is 16.1. The molecule has 2 aromatic carbocycles. The first-order valence-corrected chi connectivity index (χ1v) is 13.0. The lowest BCUT2D eigenvalue weighted by molar-refractivity contribution is -0.113. The minimum absolute atomic E-state index is 0.0272. The van der Waals surface area contributed by atoms with Gasteiger partial charge in [0.2, 0.25) is 5.91 Å². The third-order valence-electron chi connectivity index (χ3n) is 6.14. The highest BCUT2D eigenvalue weighted by Gasteiger charge is 2.37. The lowest BCUT2D eigenvalue weighted by atomic mass is 9.90. The zero-order valence-electron chi connectivity index (χ0n) is 19.6. The molecule has 0 radical (unpaired) electrons. The molecule has 1 aliphatic carbocycles. The maximum atomic E-state index is 12.7. The van der Waals surface area contributed by atoms with E-state index in [2.05, 4.69) is 24.4 Å². The van der Waals surface area contributed by atoms with Gasteiger partial charge in [-0.15, -0.1) is 0 Å². The highest BCUT2D eigenvalue weighted by atomic mass is 32.2. The van der Waals surface area contributed by atoms with Crippen molar-refractivity contribution in [2.75, 3.05) is 17.7 Å². The van der Waals surface area contributed by atoms with Crippen LogP contribution in [0.15, 0.2) is 58.5 Å². The Morgan fingerprint density at radius 2 is 1.82 bits per heavy atom. The molecule has 4 rings (SSSR count). The molecule has 1 heterocycles. The Kier molecular flexibility index (Phi) is 7.86. The predicted molar refractivity (Wildman–Crippen MR) is 139 cm³/mol. The normalized spacial score (nSPS) is 16.9. The van der Waals surface area contributed by atoms with Crippen molar-refractivity contribution < 1.29 is 9.53 Å². The third-order valence-corrected chi connectivity index (χ3v) is 7.10. The van der Waals surface area contributed by atoms with Gasteiger partial charge < -0.3 is 10.1 Å². The molecule has 5 nitrogen and oxygen atoms in total. The molecule has 1 spiro atoms. The maximum absolute atomic E-state index is 12.7. The second-order valence-electron chi connectivity index (χ2n) is 8.80. The second kappa shape index (κ2) is 11.0. The van der Waals surface area contributed by atoms with Crippen LogP contribution >= 0.6 is 11.8 Å². The molecule has 1 N–H and O–H groups in total. The maximum Gasteiger partial charge on any atom is 0.234 e. The zero-order valence-corrected chi connectivity index (χ0v) is 20.4. The van der Waals surface area contributed by atoms with E-state index >= 15 is 0 Å². The molecular weight excluding hydrogens is 430 g/mol. The van der Waals surface area contributed by atoms with E-state index in [1.807, 2.05) is 43.3 Å². The van der Waals surface area contributed by atoms with Crippen molar-refractivity contribution in [1.82, 2.24) is 0 Å². The lowest BCUT2D eigenvalue weighted by Crippen LogP contribution is -2.25. The topological polar surface area (TPSA) is 63.1 Å². The number of para-hydroxylation sites is 1. The fourth-order valence-electron chi connectivity index (χ4n) is 4.23. The molecule has 2 aromatic rings. The van der Waals surface area contributed by atoms with Crippen molar-refractivity contribution in [1.29, 1.82) is 0 Å². The largest absolute Gasteiger partial charge is 0.494 e. The molecule has 2 aliphatic rings. The molecule has 0 unspecified atom stereocenters. The van der Waals surface area contributed by atoms with Crippen molar-refractivity contribution in [2.24, 2.45) is 9.98 Å². The smallest absolute Gasteiger partial charge is 0.234 e. The van der Waals surface area contributed by atoms with Gasteiger partial charge in [-0.05, 0) is 74.9 Å². The summed E-state index contributed by atoms with van der Waals surface area (Å²) in [5, 5.41) is 3.89. The summed E-state index contributed by atoms with van der Waals surface area (Å²) in [4.78, 5) is 22.9. The number of rotatable bonds is 8. The second-order valence-corrected chi connectivity index (χ2v) is 9.76. The molecule has 174 valence electrons. The summed E-state index contributed by atoms with van der Waals surface area (Å²) in [5.41, 5.74) is 3.50. The Morgan fingerprint density at radius 1 is 1.06 bits per heavy atom. The summed E-state index contributed by atoms with van der Waals surface area (Å²) in [6.07, 6.45) is 7.67. The van der Waals surface area contributed by atoms with Crippen LogP contribution in [0.3, 0.4) is 0 Å². The van der Waals surface area contributed by atoms with Gasteiger partial charge in [0.25, 0.3) is 0 Å². The van der Waals surface area contributed by atoms with Crippen LogP contribution in [0.5, 0.6) is 5.75 Å². The Morgan fingerprint density at radius 3 is 2.55 bits per heavy atom. The van der Waals surface area contributed by atoms with Gasteiger partial charge in [-0.3, -0.25) is 9.79 Å². The van der Waals surface area contributed by atoms with Crippen LogP contribution in [0.25, 0.3) is 0 Å². The molecule has 0 aromatic heterocycles. The Hall–Kier alpha value is -2.60. The van der Waals surface area contributed by atoms with Gasteiger partial charge in [0, 0.05) is 11.3 Å². The standard InChI is InChI=1S/C27H33N3O2S/c1-3-4-18-32-22-14-12-21(13-15-22)25-26(30-27(29-25)16-8-5-9-17-27)33-19-24(31)28-23-11-7-6-10-20(23)2/h6-7,10-15H,3-5,8-9,16-19H2,1-2H3,(H,28,31). The van der Waals surface area contributed by atoms with Gasteiger partial charge in [0.15, 0.2) is 5.66 Å². The summed E-state index contributed by atoms with van der Waals surface area (Å²) in [6.45, 7) is 4.89. The molecule has 1 fully saturated rings. The van der Waals surface area contributed by atoms with Gasteiger partial charge >= 0.3 is 0 Å². The number of carbonyl (C=O) groups excluding carboxylic acids is 1. The van der Waals surface area contributed by atoms with Gasteiger partial charge in [-0.2, -0.15) is 0 Å². The number of anilines is 1. The van der Waals surface area contributed by atoms with Crippen LogP contribution in [-0.4, -0.2) is 34.7 Å². The van der Waals surface area contributed by atoms with E-state index in [9.17, 15) is 4.79 Å². The van der Waals surface area contributed by atoms with E-state index in [-0.39, 0.29) is 11.6 Å². The van der Waals surface area contributed by atoms with E-state index in [0.717, 1.165) is 78.5 Å². The summed E-state index contributed by atoms with van der Waals surface area (Å²) >= 11 is 1.48. The van der Waals surface area contributed by atoms with Crippen molar-refractivity contribution >= 4 is 34.1 Å². The Labute approximate surface area is 201 Å². The first kappa shape index (κ1) is 23.6. The molecule has 33 heavy (non-hydrogen) atoms. The molecule has 0 saturated heterocycles. The highest BCUT2D eigenvalue weighted by Crippen LogP contribution is 2.39. The minimum atomic E-state index is -0.349. The average Bonchev–Trinajstić information content (AvgIpc) is 3.18. The molecular formula is C27H33N3O2S. The molecule has 6 heteroatoms. The molecule has 1 amide bonds. The molecule has 1 saturated carbocycles. The van der Waals surface area contributed by atoms with Crippen LogP contribution in [0.2, 0.25) is 0 Å². The number of unbranched alkanes of at least 4 members (excludes halogenated alkanes) is 1. The van der Waals surface area contributed by atoms with Crippen LogP contribution in [0.4, 0.5) is 5.69 Å². The number of thioether (sulfide) groups is 1. The number of hydrogen-bond donors (Lipinski definition) is 1. The van der Waals surface area contributed by atoms with Crippen molar-refractivity contribution in [3.8, 4) is 5.75 Å². The fourth-order valence-corrected chi connectivity index (χ4v) is 5.10. The number of hydrogen-bond acceptors (Lipinski definition) is 5. The molecule has 0 atom stereocenters. The average molecular weight is 464 g/mol. The number of aryl methyl sites for hydroxylation is 1. The predicted octanol–water partition coefficient (Wildman–Crippen LogP) is 6.41. The van der Waals surface area contributed by atoms with E-state index < -0.39 is 0 Å². The first-order valence-electron chi connectivity index (χ1n) is 12.0. The Balaban J connectivity index is 1.47. The van der Waals surface area contributed by atoms with E-state index in [0.29, 0.717) is 5.75 Å². The quantitative estimate of drug-likeness (QED) is 0.460. The van der Waals surface area contributed by atoms with Crippen LogP contribution in [-0.2, 0) is 4.79 Å². The van der Waals surface area contributed by atoms with E-state index in [1.54, 1.807) is 0 Å². The number of aliphatic imine (C=N–C) groups is 2. The number of nitrogens with zero attached hydrogens (tertiary/aromatic N) is 2. The van der Waals surface area contributed by atoms with Crippen LogP contribution in [0, 0.1) is 6.92 Å². The van der Waals surface area contributed by atoms with Crippen molar-refractivity contribution in [2.45, 2.75) is 64.5 Å². The number of carbonyl (C=O) groups is 1. The van der Waals surface area contributed by atoms with Crippen molar-refractivity contribution in [3.63, 3.8) is 0 Å². The van der Waals surface area contributed by atoms with Crippen LogP contribution in [0.1, 0.15) is 63.0 Å². The lowest BCUT2D eigenvalue weighted by Gasteiger charge is -2.27. The number of benzene rings is 2. The van der Waals surface area contributed by atoms with Gasteiger partial charge in [-0.25, -0.2) is 4.99 Å². The third kappa shape index (κ3) is 6.05. The monoisotopic (exact) mass is 463 g/mol. The number of amides is 1. The summed E-state index contributed by atoms with van der Waals surface area (Å²) in [6, 6.07) is 16.0. The van der Waals surface area contributed by atoms with E-state index in [1.165, 1.54) is 18.2 Å². The Bertz CT molecular complexity index is 1020. The summed E-state index contributed by atoms with van der Waals surface area (Å²) in [5.74, 6) is 1.16. The summed E-state index contributed by atoms with van der Waals surface area (Å²) < 4.78 is 5.82. The van der Waals surface area contributed by atoms with Crippen LogP contribution < -0.4 is 10.1 Å². The number of nitrogens with one attached hydrogen (secondary N) is 1. The van der Waals surface area contributed by atoms with Gasteiger partial charge in [0.1, 0.15) is 10.8 Å². The fraction of sp³-hybridized carbons (Fsp3) is 0.444.